The van der Waals surface area contributed by atoms with Crippen LogP contribution in [-0.2, 0) is 12.8 Å². The molecule has 0 amide bonds. The van der Waals surface area contributed by atoms with E-state index in [0.717, 1.165) is 47.0 Å². The molecule has 7 heteroatoms. The maximum Gasteiger partial charge on any atom is 0.213 e. The molecule has 3 rings (SSSR count). The van der Waals surface area contributed by atoms with Crippen LogP contribution in [-0.4, -0.2) is 28.1 Å². The monoisotopic (exact) mass is 386 g/mol. The molecule has 0 atom stereocenters. The standard InChI is InChI=1S/C19H22N4OS2/c1-3-26-19(23-18(20)25)22-17-14-6-4-5-12(14)7-8-15(17)13-9-10-21-16(11-13)24-2/h7-11H,3-6H2,1-2H3,(H3,20,22,23,25). The van der Waals surface area contributed by atoms with Gasteiger partial charge in [-0.15, -0.1) is 0 Å². The first-order valence-electron chi connectivity index (χ1n) is 8.55. The van der Waals surface area contributed by atoms with Gasteiger partial charge in [-0.05, 0) is 60.0 Å². The number of thioether (sulfide) groups is 1. The van der Waals surface area contributed by atoms with Crippen molar-refractivity contribution in [3.05, 3.63) is 41.6 Å². The van der Waals surface area contributed by atoms with Crippen molar-refractivity contribution in [3.63, 3.8) is 0 Å². The number of aliphatic imine (C=N–C) groups is 1. The van der Waals surface area contributed by atoms with Gasteiger partial charge in [0, 0.05) is 17.8 Å². The van der Waals surface area contributed by atoms with Crippen molar-refractivity contribution in [1.29, 1.82) is 0 Å². The van der Waals surface area contributed by atoms with Gasteiger partial charge in [0.2, 0.25) is 5.88 Å². The molecule has 0 radical (unpaired) electrons. The molecule has 1 aliphatic carbocycles. The summed E-state index contributed by atoms with van der Waals surface area (Å²) in [6.45, 7) is 2.07. The molecule has 5 nitrogen and oxygen atoms in total. The minimum absolute atomic E-state index is 0.226. The molecule has 136 valence electrons. The summed E-state index contributed by atoms with van der Waals surface area (Å²) < 4.78 is 5.28. The van der Waals surface area contributed by atoms with Gasteiger partial charge in [0.25, 0.3) is 0 Å². The number of aryl methyl sites for hydroxylation is 1. The fourth-order valence-corrected chi connectivity index (χ4v) is 3.91. The molecule has 0 saturated carbocycles. The molecule has 1 aromatic heterocycles. The zero-order chi connectivity index (χ0) is 18.5. The van der Waals surface area contributed by atoms with Crippen LogP contribution in [0.15, 0.2) is 35.5 Å². The number of hydrogen-bond donors (Lipinski definition) is 2. The van der Waals surface area contributed by atoms with Crippen molar-refractivity contribution in [2.24, 2.45) is 10.7 Å². The highest BCUT2D eigenvalue weighted by atomic mass is 32.2. The lowest BCUT2D eigenvalue weighted by Crippen LogP contribution is -2.33. The first kappa shape index (κ1) is 18.7. The molecule has 3 N–H and O–H groups in total. The van der Waals surface area contributed by atoms with Gasteiger partial charge in [-0.25, -0.2) is 9.98 Å². The van der Waals surface area contributed by atoms with E-state index in [-0.39, 0.29) is 5.11 Å². The Hall–Kier alpha value is -2.12. The minimum atomic E-state index is 0.226. The Bertz CT molecular complexity index is 851. The third kappa shape index (κ3) is 4.16. The van der Waals surface area contributed by atoms with E-state index in [9.17, 15) is 0 Å². The zero-order valence-corrected chi connectivity index (χ0v) is 16.5. The molecule has 0 unspecified atom stereocenters. The number of nitrogens with two attached hydrogens (primary N) is 1. The van der Waals surface area contributed by atoms with Crippen LogP contribution < -0.4 is 15.8 Å². The normalized spacial score (nSPS) is 13.4. The van der Waals surface area contributed by atoms with E-state index >= 15 is 0 Å². The molecule has 1 heterocycles. The lowest BCUT2D eigenvalue weighted by Gasteiger charge is -2.14. The van der Waals surface area contributed by atoms with Crippen molar-refractivity contribution in [2.75, 3.05) is 12.9 Å². The zero-order valence-electron chi connectivity index (χ0n) is 14.9. The van der Waals surface area contributed by atoms with E-state index in [2.05, 4.69) is 29.4 Å². The summed E-state index contributed by atoms with van der Waals surface area (Å²) >= 11 is 6.60. The Morgan fingerprint density at radius 3 is 2.96 bits per heavy atom. The van der Waals surface area contributed by atoms with Crippen LogP contribution >= 0.6 is 24.0 Å². The van der Waals surface area contributed by atoms with Crippen molar-refractivity contribution in [3.8, 4) is 17.0 Å². The number of nitrogens with zero attached hydrogens (tertiary/aromatic N) is 2. The summed E-state index contributed by atoms with van der Waals surface area (Å²) in [7, 11) is 1.62. The molecule has 0 saturated heterocycles. The third-order valence-corrected chi connectivity index (χ3v) is 5.09. The lowest BCUT2D eigenvalue weighted by molar-refractivity contribution is 0.398. The number of rotatable bonds is 4. The smallest absolute Gasteiger partial charge is 0.213 e. The molecular formula is C19H22N4OS2. The number of amidine groups is 1. The van der Waals surface area contributed by atoms with Crippen LogP contribution in [0.3, 0.4) is 0 Å². The van der Waals surface area contributed by atoms with Crippen LogP contribution in [0.25, 0.3) is 11.1 Å². The summed E-state index contributed by atoms with van der Waals surface area (Å²) in [6.07, 6.45) is 5.03. The summed E-state index contributed by atoms with van der Waals surface area (Å²) in [5.74, 6) is 1.46. The minimum Gasteiger partial charge on any atom is -0.481 e. The van der Waals surface area contributed by atoms with Gasteiger partial charge in [0.15, 0.2) is 10.3 Å². The number of nitrogens with one attached hydrogen (secondary N) is 1. The van der Waals surface area contributed by atoms with Crippen LogP contribution in [0.2, 0.25) is 0 Å². The van der Waals surface area contributed by atoms with Gasteiger partial charge >= 0.3 is 0 Å². The second kappa shape index (κ2) is 8.51. The van der Waals surface area contributed by atoms with Gasteiger partial charge < -0.3 is 15.8 Å². The largest absolute Gasteiger partial charge is 0.481 e. The highest BCUT2D eigenvalue weighted by molar-refractivity contribution is 8.13. The van der Waals surface area contributed by atoms with Gasteiger partial charge in [0.05, 0.1) is 12.8 Å². The summed E-state index contributed by atoms with van der Waals surface area (Å²) in [6, 6.07) is 8.25. The highest BCUT2D eigenvalue weighted by Crippen LogP contribution is 2.40. The Morgan fingerprint density at radius 1 is 1.38 bits per heavy atom. The maximum absolute atomic E-state index is 5.68. The predicted molar refractivity (Wildman–Crippen MR) is 113 cm³/mol. The van der Waals surface area contributed by atoms with Crippen LogP contribution in [0.4, 0.5) is 5.69 Å². The molecule has 0 fully saturated rings. The molecule has 1 aliphatic rings. The highest BCUT2D eigenvalue weighted by Gasteiger charge is 2.19. The Balaban J connectivity index is 2.15. The second-order valence-corrected chi connectivity index (χ2v) is 7.57. The maximum atomic E-state index is 5.68. The summed E-state index contributed by atoms with van der Waals surface area (Å²) in [5, 5.41) is 3.96. The predicted octanol–water partition coefficient (Wildman–Crippen LogP) is 3.82. The van der Waals surface area contributed by atoms with E-state index < -0.39 is 0 Å². The number of fused-ring (bicyclic) bond motifs is 1. The molecule has 0 spiro atoms. The first-order valence-corrected chi connectivity index (χ1v) is 9.95. The van der Waals surface area contributed by atoms with Crippen LogP contribution in [0.5, 0.6) is 5.88 Å². The molecular weight excluding hydrogens is 364 g/mol. The lowest BCUT2D eigenvalue weighted by atomic mass is 9.98. The van der Waals surface area contributed by atoms with E-state index in [1.165, 1.54) is 11.1 Å². The number of aromatic nitrogens is 1. The fourth-order valence-electron chi connectivity index (χ4n) is 3.14. The summed E-state index contributed by atoms with van der Waals surface area (Å²) in [4.78, 5) is 9.14. The Labute approximate surface area is 163 Å². The van der Waals surface area contributed by atoms with Gasteiger partial charge in [-0.2, -0.15) is 0 Å². The van der Waals surface area contributed by atoms with Gasteiger partial charge in [-0.1, -0.05) is 30.8 Å². The van der Waals surface area contributed by atoms with E-state index in [0.29, 0.717) is 5.88 Å². The van der Waals surface area contributed by atoms with Crippen LogP contribution in [0, 0.1) is 0 Å². The molecule has 26 heavy (non-hydrogen) atoms. The van der Waals surface area contributed by atoms with Crippen molar-refractivity contribution >= 4 is 39.9 Å². The van der Waals surface area contributed by atoms with E-state index in [1.807, 2.05) is 12.1 Å². The van der Waals surface area contributed by atoms with E-state index in [1.54, 1.807) is 25.1 Å². The number of ether oxygens (including phenoxy) is 1. The average Bonchev–Trinajstić information content (AvgIpc) is 3.11. The number of benzene rings is 1. The summed E-state index contributed by atoms with van der Waals surface area (Å²) in [5.41, 5.74) is 11.4. The van der Waals surface area contributed by atoms with Gasteiger partial charge in [0.1, 0.15) is 0 Å². The number of thiocarbonyl (C=S) groups is 1. The molecule has 0 bridgehead atoms. The number of hydrogen-bond acceptors (Lipinski definition) is 5. The Morgan fingerprint density at radius 2 is 2.23 bits per heavy atom. The van der Waals surface area contributed by atoms with Crippen molar-refractivity contribution < 1.29 is 4.74 Å². The molecule has 2 aromatic rings. The van der Waals surface area contributed by atoms with Gasteiger partial charge in [-0.3, -0.25) is 0 Å². The number of pyridine rings is 1. The third-order valence-electron chi connectivity index (χ3n) is 4.23. The average molecular weight is 387 g/mol. The topological polar surface area (TPSA) is 72.5 Å². The van der Waals surface area contributed by atoms with Crippen molar-refractivity contribution in [2.45, 2.75) is 26.2 Å². The van der Waals surface area contributed by atoms with Crippen LogP contribution in [0.1, 0.15) is 24.5 Å². The first-order chi connectivity index (χ1) is 12.6. The molecule has 1 aromatic carbocycles. The SMILES string of the molecule is CCSC(=Nc1c(-c2ccnc(OC)c2)ccc2c1CCC2)NC(N)=S. The van der Waals surface area contributed by atoms with Crippen molar-refractivity contribution in [1.82, 2.24) is 10.3 Å². The second-order valence-electron chi connectivity index (χ2n) is 5.88. The number of methoxy groups -OCH3 is 1. The molecule has 0 aliphatic heterocycles. The quantitative estimate of drug-likeness (QED) is 0.473. The fraction of sp³-hybridized carbons (Fsp3) is 0.316. The van der Waals surface area contributed by atoms with E-state index in [4.69, 9.17) is 27.7 Å². The Kier molecular flexibility index (Phi) is 6.11.